The van der Waals surface area contributed by atoms with Gasteiger partial charge in [0.25, 0.3) is 0 Å². The lowest BCUT2D eigenvalue weighted by Crippen LogP contribution is -2.08. The number of nitrogens with one attached hydrogen (secondary N) is 1. The van der Waals surface area contributed by atoms with Crippen LogP contribution in [0, 0.1) is 5.82 Å². The Balaban J connectivity index is 1.67. The molecule has 1 aliphatic carbocycles. The summed E-state index contributed by atoms with van der Waals surface area (Å²) in [6, 6.07) is 5.61. The molecule has 0 saturated heterocycles. The monoisotopic (exact) mass is 327 g/mol. The van der Waals surface area contributed by atoms with Gasteiger partial charge in [0.15, 0.2) is 11.6 Å². The van der Waals surface area contributed by atoms with Crippen molar-refractivity contribution in [2.45, 2.75) is 25.5 Å². The second kappa shape index (κ2) is 6.03. The van der Waals surface area contributed by atoms with E-state index >= 15 is 0 Å². The fraction of sp³-hybridized carbons (Fsp3) is 0.286. The Labute approximate surface area is 131 Å². The van der Waals surface area contributed by atoms with Crippen LogP contribution in [0.1, 0.15) is 18.4 Å². The molecule has 1 heterocycles. The molecule has 0 atom stereocenters. The predicted octanol–water partition coefficient (Wildman–Crippen LogP) is 4.08. The summed E-state index contributed by atoms with van der Waals surface area (Å²) in [5, 5.41) is 3.93. The van der Waals surface area contributed by atoms with Crippen molar-refractivity contribution in [3.8, 4) is 6.01 Å². The van der Waals surface area contributed by atoms with E-state index in [0.717, 1.165) is 24.6 Å². The number of halogens is 3. The second-order valence-electron chi connectivity index (χ2n) is 4.80. The highest BCUT2D eigenvalue weighted by Gasteiger charge is 2.23. The first kappa shape index (κ1) is 14.4. The van der Waals surface area contributed by atoms with Gasteiger partial charge in [-0.3, -0.25) is 0 Å². The number of hydrogen-bond acceptors (Lipinski definition) is 4. The molecule has 4 nitrogen and oxygen atoms in total. The van der Waals surface area contributed by atoms with Gasteiger partial charge in [-0.2, -0.15) is 4.98 Å². The molecular weight excluding hydrogens is 316 g/mol. The third kappa shape index (κ3) is 3.74. The van der Waals surface area contributed by atoms with E-state index in [1.807, 2.05) is 0 Å². The maximum Gasteiger partial charge on any atom is 0.318 e. The van der Waals surface area contributed by atoms with Crippen molar-refractivity contribution in [3.05, 3.63) is 45.8 Å². The average Bonchev–Trinajstić information content (AvgIpc) is 3.27. The molecule has 0 radical (unpaired) electrons. The van der Waals surface area contributed by atoms with Gasteiger partial charge in [0.05, 0.1) is 16.2 Å². The van der Waals surface area contributed by atoms with E-state index in [1.54, 1.807) is 18.2 Å². The van der Waals surface area contributed by atoms with Crippen LogP contribution < -0.4 is 10.1 Å². The van der Waals surface area contributed by atoms with Crippen molar-refractivity contribution in [1.82, 2.24) is 9.97 Å². The van der Waals surface area contributed by atoms with E-state index in [9.17, 15) is 4.39 Å². The van der Waals surface area contributed by atoms with E-state index in [2.05, 4.69) is 15.3 Å². The van der Waals surface area contributed by atoms with Crippen LogP contribution in [-0.2, 0) is 6.61 Å². The molecule has 110 valence electrons. The number of rotatable bonds is 5. The van der Waals surface area contributed by atoms with Gasteiger partial charge in [0.1, 0.15) is 6.61 Å². The van der Waals surface area contributed by atoms with Gasteiger partial charge in [0.2, 0.25) is 0 Å². The lowest BCUT2D eigenvalue weighted by atomic mass is 10.2. The lowest BCUT2D eigenvalue weighted by Gasteiger charge is -2.08. The summed E-state index contributed by atoms with van der Waals surface area (Å²) in [6.07, 6.45) is 3.16. The molecule has 1 saturated carbocycles. The topological polar surface area (TPSA) is 47.0 Å². The highest BCUT2D eigenvalue weighted by atomic mass is 35.5. The molecule has 3 rings (SSSR count). The fourth-order valence-corrected chi connectivity index (χ4v) is 2.04. The molecule has 1 aliphatic rings. The van der Waals surface area contributed by atoms with Crippen LogP contribution in [0.3, 0.4) is 0 Å². The zero-order valence-corrected chi connectivity index (χ0v) is 12.5. The Morgan fingerprint density at radius 3 is 2.81 bits per heavy atom. The van der Waals surface area contributed by atoms with Crippen molar-refractivity contribution in [2.75, 3.05) is 5.32 Å². The molecule has 21 heavy (non-hydrogen) atoms. The first-order valence-corrected chi connectivity index (χ1v) is 7.23. The van der Waals surface area contributed by atoms with Crippen LogP contribution in [0.4, 0.5) is 10.2 Å². The normalized spacial score (nSPS) is 14.0. The zero-order valence-electron chi connectivity index (χ0n) is 10.9. The Kier molecular flexibility index (Phi) is 4.12. The minimum atomic E-state index is -0.483. The van der Waals surface area contributed by atoms with Crippen LogP contribution in [0.5, 0.6) is 6.01 Å². The number of anilines is 1. The number of benzene rings is 1. The summed E-state index contributed by atoms with van der Waals surface area (Å²) in [7, 11) is 0. The number of ether oxygens (including phenoxy) is 1. The molecule has 1 aromatic carbocycles. The molecule has 0 aliphatic heterocycles. The van der Waals surface area contributed by atoms with Gasteiger partial charge in [-0.25, -0.2) is 9.37 Å². The highest BCUT2D eigenvalue weighted by Crippen LogP contribution is 2.26. The van der Waals surface area contributed by atoms with Gasteiger partial charge in [-0.1, -0.05) is 29.3 Å². The average molecular weight is 328 g/mol. The maximum atomic E-state index is 13.5. The highest BCUT2D eigenvalue weighted by molar-refractivity contribution is 6.42. The third-order valence-electron chi connectivity index (χ3n) is 2.99. The summed E-state index contributed by atoms with van der Waals surface area (Å²) in [4.78, 5) is 7.84. The molecule has 2 aromatic rings. The molecule has 1 N–H and O–H groups in total. The minimum absolute atomic E-state index is 0.116. The molecule has 0 unspecified atom stereocenters. The van der Waals surface area contributed by atoms with Crippen molar-refractivity contribution in [1.29, 1.82) is 0 Å². The van der Waals surface area contributed by atoms with Crippen molar-refractivity contribution in [3.63, 3.8) is 0 Å². The SMILES string of the molecule is Fc1cnc(OCc2ccc(Cl)c(Cl)c2)nc1NC1CC1. The summed E-state index contributed by atoms with van der Waals surface area (Å²) in [6.45, 7) is 0.228. The Bertz CT molecular complexity index is 665. The van der Waals surface area contributed by atoms with Crippen molar-refractivity contribution < 1.29 is 9.13 Å². The van der Waals surface area contributed by atoms with Gasteiger partial charge >= 0.3 is 6.01 Å². The van der Waals surface area contributed by atoms with Crippen LogP contribution in [0.25, 0.3) is 0 Å². The fourth-order valence-electron chi connectivity index (χ4n) is 1.72. The van der Waals surface area contributed by atoms with Crippen molar-refractivity contribution in [2.24, 2.45) is 0 Å². The Morgan fingerprint density at radius 1 is 1.29 bits per heavy atom. The lowest BCUT2D eigenvalue weighted by molar-refractivity contribution is 0.280. The predicted molar refractivity (Wildman–Crippen MR) is 79.4 cm³/mol. The first-order valence-electron chi connectivity index (χ1n) is 6.47. The van der Waals surface area contributed by atoms with E-state index < -0.39 is 5.82 Å². The molecule has 0 spiro atoms. The van der Waals surface area contributed by atoms with Crippen LogP contribution in [0.2, 0.25) is 10.0 Å². The third-order valence-corrected chi connectivity index (χ3v) is 3.73. The van der Waals surface area contributed by atoms with Crippen LogP contribution in [0.15, 0.2) is 24.4 Å². The van der Waals surface area contributed by atoms with E-state index in [0.29, 0.717) is 16.1 Å². The summed E-state index contributed by atoms with van der Waals surface area (Å²) in [5.41, 5.74) is 0.828. The summed E-state index contributed by atoms with van der Waals surface area (Å²) >= 11 is 11.8. The van der Waals surface area contributed by atoms with Gasteiger partial charge in [-0.15, -0.1) is 0 Å². The van der Waals surface area contributed by atoms with Gasteiger partial charge in [0, 0.05) is 6.04 Å². The second-order valence-corrected chi connectivity index (χ2v) is 5.62. The number of aromatic nitrogens is 2. The van der Waals surface area contributed by atoms with Gasteiger partial charge in [-0.05, 0) is 30.5 Å². The quantitative estimate of drug-likeness (QED) is 0.898. The molecule has 0 bridgehead atoms. The molecular formula is C14H12Cl2FN3O. The standard InChI is InChI=1S/C14H12Cl2FN3O/c15-10-4-1-8(5-11(10)16)7-21-14-18-6-12(17)13(20-14)19-9-2-3-9/h1,4-6,9H,2-3,7H2,(H,18,19,20). The number of hydrogen-bond donors (Lipinski definition) is 1. The van der Waals surface area contributed by atoms with Gasteiger partial charge < -0.3 is 10.1 Å². The molecule has 0 amide bonds. The minimum Gasteiger partial charge on any atom is -0.459 e. The Hall–Kier alpha value is -1.59. The smallest absolute Gasteiger partial charge is 0.318 e. The van der Waals surface area contributed by atoms with Crippen LogP contribution in [-0.4, -0.2) is 16.0 Å². The summed E-state index contributed by atoms with van der Waals surface area (Å²) in [5.74, 6) is -0.305. The van der Waals surface area contributed by atoms with E-state index in [-0.39, 0.29) is 18.4 Å². The van der Waals surface area contributed by atoms with Crippen LogP contribution >= 0.6 is 23.2 Å². The zero-order chi connectivity index (χ0) is 14.8. The molecule has 1 aromatic heterocycles. The molecule has 7 heteroatoms. The Morgan fingerprint density at radius 2 is 2.10 bits per heavy atom. The maximum absolute atomic E-state index is 13.5. The molecule has 1 fully saturated rings. The van der Waals surface area contributed by atoms with E-state index in [4.69, 9.17) is 27.9 Å². The number of nitrogens with zero attached hydrogens (tertiary/aromatic N) is 2. The first-order chi connectivity index (χ1) is 10.1. The van der Waals surface area contributed by atoms with Crippen molar-refractivity contribution >= 4 is 29.0 Å². The van der Waals surface area contributed by atoms with E-state index in [1.165, 1.54) is 0 Å². The largest absolute Gasteiger partial charge is 0.459 e. The summed E-state index contributed by atoms with van der Waals surface area (Å²) < 4.78 is 19.0.